The van der Waals surface area contributed by atoms with Gasteiger partial charge in [-0.05, 0) is 53.1 Å². The highest BCUT2D eigenvalue weighted by Crippen LogP contribution is 2.36. The molecule has 0 unspecified atom stereocenters. The van der Waals surface area contributed by atoms with Gasteiger partial charge in [-0.1, -0.05) is 23.2 Å². The summed E-state index contributed by atoms with van der Waals surface area (Å²) in [4.78, 5) is 32.1. The van der Waals surface area contributed by atoms with Crippen LogP contribution in [0.5, 0.6) is 0 Å². The van der Waals surface area contributed by atoms with E-state index in [4.69, 9.17) is 32.7 Å². The van der Waals surface area contributed by atoms with E-state index in [1.165, 1.54) is 23.3 Å². The van der Waals surface area contributed by atoms with Gasteiger partial charge in [0.2, 0.25) is 5.76 Å². The zero-order chi connectivity index (χ0) is 25.0. The predicted molar refractivity (Wildman–Crippen MR) is 129 cm³/mol. The molecule has 1 aliphatic rings. The molecule has 5 heterocycles. The number of imidazole rings is 1. The van der Waals surface area contributed by atoms with E-state index in [2.05, 4.69) is 25.5 Å². The van der Waals surface area contributed by atoms with Gasteiger partial charge < -0.3 is 19.1 Å². The number of aromatic amines is 1. The van der Waals surface area contributed by atoms with Crippen molar-refractivity contribution < 1.29 is 14.3 Å². The first-order chi connectivity index (χ1) is 17.4. The number of H-pyrrole nitrogens is 1. The number of tetrazole rings is 1. The molecule has 6 rings (SSSR count). The molecule has 5 aromatic rings. The van der Waals surface area contributed by atoms with Gasteiger partial charge in [-0.3, -0.25) is 4.79 Å². The molecule has 0 radical (unpaired) electrons. The van der Waals surface area contributed by atoms with Crippen LogP contribution in [0, 0.1) is 0 Å². The Bertz CT molecular complexity index is 1690. The molecule has 11 nitrogen and oxygen atoms in total. The second-order valence-corrected chi connectivity index (χ2v) is 9.02. The quantitative estimate of drug-likeness (QED) is 0.351. The highest BCUT2D eigenvalue weighted by atomic mass is 35.5. The van der Waals surface area contributed by atoms with E-state index in [1.807, 2.05) is 6.07 Å². The number of rotatable bonds is 5. The number of nitrogens with one attached hydrogen (secondary N) is 1. The van der Waals surface area contributed by atoms with Crippen LogP contribution in [0.3, 0.4) is 0 Å². The van der Waals surface area contributed by atoms with Crippen molar-refractivity contribution in [2.45, 2.75) is 18.9 Å². The fourth-order valence-electron chi connectivity index (χ4n) is 4.51. The van der Waals surface area contributed by atoms with E-state index in [-0.39, 0.29) is 22.5 Å². The van der Waals surface area contributed by atoms with Crippen LogP contribution in [0.15, 0.2) is 58.2 Å². The highest BCUT2D eigenvalue weighted by molar-refractivity contribution is 6.32. The summed E-state index contributed by atoms with van der Waals surface area (Å²) in [5.41, 5.74) is 3.50. The average molecular weight is 524 g/mol. The molecule has 0 amide bonds. The number of nitrogens with zero attached hydrogens (tertiary/aromatic N) is 6. The number of benzene rings is 1. The molecular weight excluding hydrogens is 509 g/mol. The Labute approximate surface area is 211 Å². The summed E-state index contributed by atoms with van der Waals surface area (Å²) >= 11 is 12.6. The molecule has 1 aromatic carbocycles. The van der Waals surface area contributed by atoms with Crippen molar-refractivity contribution in [2.24, 2.45) is 0 Å². The highest BCUT2D eigenvalue weighted by Gasteiger charge is 2.29. The van der Waals surface area contributed by atoms with Crippen molar-refractivity contribution in [1.82, 2.24) is 34.7 Å². The van der Waals surface area contributed by atoms with Crippen LogP contribution >= 0.6 is 23.2 Å². The number of carboxylic acids is 1. The minimum atomic E-state index is -1.19. The molecule has 2 N–H and O–H groups in total. The smallest absolute Gasteiger partial charge is 0.371 e. The Kier molecular flexibility index (Phi) is 5.23. The maximum atomic E-state index is 13.3. The SMILES string of the molecule is O=C(O)c1cc(-c2nc([C@@H]3CCc4cc(-c5cc(Cl)ccc5-n5cnnn5)cc(=O)n43)[nH]c2Cl)co1. The fraction of sp³-hybridized carbons (Fsp3) is 0.130. The minimum absolute atomic E-state index is 0.210. The Balaban J connectivity index is 1.39. The zero-order valence-electron chi connectivity index (χ0n) is 18.2. The van der Waals surface area contributed by atoms with Crippen molar-refractivity contribution in [3.8, 4) is 28.1 Å². The summed E-state index contributed by atoms with van der Waals surface area (Å²) in [6, 6.07) is 9.77. The lowest BCUT2D eigenvalue weighted by Crippen LogP contribution is -2.24. The van der Waals surface area contributed by atoms with E-state index in [9.17, 15) is 9.59 Å². The number of aromatic nitrogens is 7. The van der Waals surface area contributed by atoms with Gasteiger partial charge in [0, 0.05) is 34.0 Å². The Morgan fingerprint density at radius 3 is 2.78 bits per heavy atom. The minimum Gasteiger partial charge on any atom is -0.475 e. The number of hydrogen-bond acceptors (Lipinski definition) is 7. The second kappa shape index (κ2) is 8.47. The van der Waals surface area contributed by atoms with E-state index >= 15 is 0 Å². The maximum Gasteiger partial charge on any atom is 0.371 e. The molecule has 0 fully saturated rings. The first-order valence-corrected chi connectivity index (χ1v) is 11.5. The van der Waals surface area contributed by atoms with Crippen LogP contribution in [-0.2, 0) is 6.42 Å². The van der Waals surface area contributed by atoms with Crippen LogP contribution in [0.1, 0.15) is 34.5 Å². The number of pyridine rings is 1. The standard InChI is InChI=1S/C23H15Cl2N7O4/c24-13-1-3-16(31-10-26-29-30-31)15(8-13)11-5-14-2-4-17(32(14)19(33)7-11)22-27-20(21(25)28-22)12-6-18(23(34)35)36-9-12/h1,3,5-10,17H,2,4H2,(H,27,28)(H,34,35)/t17-/m0/s1. The van der Waals surface area contributed by atoms with Crippen LogP contribution < -0.4 is 5.56 Å². The van der Waals surface area contributed by atoms with E-state index < -0.39 is 5.97 Å². The third kappa shape index (κ3) is 3.69. The number of aromatic carboxylic acids is 1. The van der Waals surface area contributed by atoms with E-state index in [1.54, 1.807) is 28.8 Å². The summed E-state index contributed by atoms with van der Waals surface area (Å²) in [6.07, 6.45) is 4.02. The number of fused-ring (bicyclic) bond motifs is 1. The largest absolute Gasteiger partial charge is 0.475 e. The summed E-state index contributed by atoms with van der Waals surface area (Å²) < 4.78 is 8.25. The third-order valence-corrected chi connectivity index (χ3v) is 6.58. The first-order valence-electron chi connectivity index (χ1n) is 10.8. The van der Waals surface area contributed by atoms with Gasteiger partial charge in [-0.2, -0.15) is 4.68 Å². The summed E-state index contributed by atoms with van der Waals surface area (Å²) in [7, 11) is 0. The monoisotopic (exact) mass is 523 g/mol. The second-order valence-electron chi connectivity index (χ2n) is 8.20. The van der Waals surface area contributed by atoms with Crippen molar-refractivity contribution in [2.75, 3.05) is 0 Å². The van der Waals surface area contributed by atoms with Crippen LogP contribution in [0.25, 0.3) is 28.1 Å². The molecule has 13 heteroatoms. The van der Waals surface area contributed by atoms with Crippen molar-refractivity contribution in [3.05, 3.63) is 86.8 Å². The Morgan fingerprint density at radius 2 is 2.03 bits per heavy atom. The Hall–Kier alpha value is -4.22. The first kappa shape index (κ1) is 22.3. The van der Waals surface area contributed by atoms with Gasteiger partial charge in [0.25, 0.3) is 5.56 Å². The van der Waals surface area contributed by atoms with Gasteiger partial charge in [0.15, 0.2) is 0 Å². The normalized spacial score (nSPS) is 14.8. The summed E-state index contributed by atoms with van der Waals surface area (Å²) in [5.74, 6) is -0.912. The molecule has 0 saturated heterocycles. The molecule has 0 bridgehead atoms. The van der Waals surface area contributed by atoms with Gasteiger partial charge in [0.05, 0.1) is 11.7 Å². The van der Waals surface area contributed by atoms with Gasteiger partial charge in [0.1, 0.15) is 29.3 Å². The molecule has 4 aromatic heterocycles. The zero-order valence-corrected chi connectivity index (χ0v) is 19.7. The van der Waals surface area contributed by atoms with E-state index in [0.717, 1.165) is 11.3 Å². The molecule has 0 aliphatic carbocycles. The topological polar surface area (TPSA) is 145 Å². The van der Waals surface area contributed by atoms with Crippen molar-refractivity contribution in [3.63, 3.8) is 0 Å². The van der Waals surface area contributed by atoms with Gasteiger partial charge in [-0.25, -0.2) is 9.78 Å². The van der Waals surface area contributed by atoms with Crippen molar-refractivity contribution in [1.29, 1.82) is 0 Å². The van der Waals surface area contributed by atoms with E-state index in [0.29, 0.717) is 46.2 Å². The van der Waals surface area contributed by atoms with Crippen LogP contribution in [0.4, 0.5) is 0 Å². The number of carbonyl (C=O) groups is 1. The molecule has 1 aliphatic heterocycles. The van der Waals surface area contributed by atoms with Crippen LogP contribution in [0.2, 0.25) is 10.2 Å². The van der Waals surface area contributed by atoms with Crippen LogP contribution in [-0.4, -0.2) is 45.8 Å². The van der Waals surface area contributed by atoms with Gasteiger partial charge >= 0.3 is 5.97 Å². The lowest BCUT2D eigenvalue weighted by atomic mass is 10.0. The molecule has 180 valence electrons. The Morgan fingerprint density at radius 1 is 1.17 bits per heavy atom. The molecular formula is C23H15Cl2N7O4. The molecule has 36 heavy (non-hydrogen) atoms. The third-order valence-electron chi connectivity index (χ3n) is 6.08. The number of furan rings is 1. The fourth-order valence-corrected chi connectivity index (χ4v) is 4.93. The summed E-state index contributed by atoms with van der Waals surface area (Å²) in [6.45, 7) is 0. The predicted octanol–water partition coefficient (Wildman–Crippen LogP) is 4.01. The number of hydrogen-bond donors (Lipinski definition) is 2. The maximum absolute atomic E-state index is 13.3. The lowest BCUT2D eigenvalue weighted by Gasteiger charge is -2.14. The van der Waals surface area contributed by atoms with Gasteiger partial charge in [-0.15, -0.1) is 5.10 Å². The molecule has 0 spiro atoms. The lowest BCUT2D eigenvalue weighted by molar-refractivity contribution is 0.0662. The molecule has 1 atom stereocenters. The molecule has 0 saturated carbocycles. The number of carboxylic acid groups (broad SMARTS) is 1. The number of halogens is 2. The average Bonchev–Trinajstić information content (AvgIpc) is 3.64. The van der Waals surface area contributed by atoms with Crippen molar-refractivity contribution >= 4 is 29.2 Å². The summed E-state index contributed by atoms with van der Waals surface area (Å²) in [5, 5.41) is 21.2. The number of aryl methyl sites for hydroxylation is 1.